The fourth-order valence-electron chi connectivity index (χ4n) is 0.447. The summed E-state index contributed by atoms with van der Waals surface area (Å²) in [6, 6.07) is 0. The zero-order chi connectivity index (χ0) is 7.33. The summed E-state index contributed by atoms with van der Waals surface area (Å²) in [7, 11) is 3.49. The van der Waals surface area contributed by atoms with E-state index in [2.05, 4.69) is 0 Å². The van der Waals surface area contributed by atoms with Crippen molar-refractivity contribution in [2.75, 3.05) is 28.4 Å². The minimum Gasteiger partial charge on any atom is -0.302 e. The van der Waals surface area contributed by atoms with Crippen LogP contribution in [0, 0.1) is 0 Å². The van der Waals surface area contributed by atoms with Crippen LogP contribution in [0.15, 0.2) is 0 Å². The molecule has 0 aromatic heterocycles. The summed E-state index contributed by atoms with van der Waals surface area (Å²) >= 11 is 0. The van der Waals surface area contributed by atoms with E-state index >= 15 is 0 Å². The molecule has 0 saturated carbocycles. The average molecular weight is 155 g/mol. The summed E-state index contributed by atoms with van der Waals surface area (Å²) in [4.78, 5) is 0. The second-order valence-electron chi connectivity index (χ2n) is 1.18. The van der Waals surface area contributed by atoms with Crippen molar-refractivity contribution in [2.45, 2.75) is 0 Å². The maximum absolute atomic E-state index is 4.83. The Morgan fingerprint density at radius 3 is 0.889 bits per heavy atom. The second-order valence-corrected chi connectivity index (χ2v) is 3.53. The summed E-state index contributed by atoms with van der Waals surface area (Å²) in [5.74, 6) is 0. The highest BCUT2D eigenvalue weighted by Crippen LogP contribution is 2.60. The van der Waals surface area contributed by atoms with Gasteiger partial charge in [-0.25, -0.2) is 0 Å². The van der Waals surface area contributed by atoms with Crippen LogP contribution in [0.1, 0.15) is 0 Å². The largest absolute Gasteiger partial charge is 0.379 e. The van der Waals surface area contributed by atoms with E-state index in [1.165, 1.54) is 28.4 Å². The van der Waals surface area contributed by atoms with Crippen molar-refractivity contribution >= 4 is 8.17 Å². The van der Waals surface area contributed by atoms with E-state index in [-0.39, 0.29) is 0 Å². The molecule has 9 heavy (non-hydrogen) atoms. The number of hydrogen-bond acceptors (Lipinski definition) is 4. The lowest BCUT2D eigenvalue weighted by Gasteiger charge is -2.25. The molecule has 57 valence electrons. The number of hydrogen-bond donors (Lipinski definition) is 0. The minimum atomic E-state index is -2.42. The maximum atomic E-state index is 4.83. The molecule has 4 nitrogen and oxygen atoms in total. The first-order chi connectivity index (χ1) is 4.24. The Balaban J connectivity index is 3.82. The van der Waals surface area contributed by atoms with Gasteiger partial charge in [0.05, 0.1) is 0 Å². The van der Waals surface area contributed by atoms with Gasteiger partial charge in [-0.2, -0.15) is 0 Å². The Bertz CT molecular complexity index is 55.5. The summed E-state index contributed by atoms with van der Waals surface area (Å²) in [5, 5.41) is 0. The molecule has 0 atom stereocenters. The Morgan fingerprint density at radius 2 is 0.889 bits per heavy atom. The Hall–Kier alpha value is 0.270. The molecule has 0 heterocycles. The molecular formula is C4H12O4P. The second kappa shape index (κ2) is 4.14. The molecule has 0 rings (SSSR count). The topological polar surface area (TPSA) is 36.9 Å². The first-order valence-electron chi connectivity index (χ1n) is 2.36. The quantitative estimate of drug-likeness (QED) is 0.572. The first kappa shape index (κ1) is 9.27. The molecule has 0 N–H and O–H groups in total. The van der Waals surface area contributed by atoms with Crippen molar-refractivity contribution in [1.29, 1.82) is 0 Å². The van der Waals surface area contributed by atoms with E-state index in [1.54, 1.807) is 0 Å². The average Bonchev–Trinajstić information content (AvgIpc) is 1.95. The highest BCUT2D eigenvalue weighted by molar-refractivity contribution is 7.56. The van der Waals surface area contributed by atoms with Crippen molar-refractivity contribution in [1.82, 2.24) is 0 Å². The predicted octanol–water partition coefficient (Wildman–Crippen LogP) is 1.25. The lowest BCUT2D eigenvalue weighted by molar-refractivity contribution is 0.119. The molecule has 0 aliphatic rings. The molecule has 0 unspecified atom stereocenters. The first-order valence-corrected chi connectivity index (χ1v) is 3.82. The molecule has 5 heteroatoms. The van der Waals surface area contributed by atoms with E-state index in [0.29, 0.717) is 0 Å². The molecule has 0 aliphatic carbocycles. The predicted molar refractivity (Wildman–Crippen MR) is 35.0 cm³/mol. The van der Waals surface area contributed by atoms with E-state index in [1.807, 2.05) is 0 Å². The third-order valence-electron chi connectivity index (χ3n) is 0.894. The van der Waals surface area contributed by atoms with Crippen LogP contribution in [0.3, 0.4) is 0 Å². The van der Waals surface area contributed by atoms with Crippen LogP contribution in [0.5, 0.6) is 0 Å². The molecule has 0 fully saturated rings. The smallest absolute Gasteiger partial charge is 0.302 e. The van der Waals surface area contributed by atoms with Crippen LogP contribution in [0.2, 0.25) is 0 Å². The van der Waals surface area contributed by atoms with Crippen molar-refractivity contribution in [2.24, 2.45) is 0 Å². The molecule has 0 aromatic rings. The zero-order valence-electron chi connectivity index (χ0n) is 6.08. The lowest BCUT2D eigenvalue weighted by atomic mass is 11.8. The van der Waals surface area contributed by atoms with E-state index in [4.69, 9.17) is 18.1 Å². The van der Waals surface area contributed by atoms with Crippen LogP contribution >= 0.6 is 8.17 Å². The van der Waals surface area contributed by atoms with Gasteiger partial charge >= 0.3 is 8.17 Å². The number of rotatable bonds is 4. The Kier molecular flexibility index (Phi) is 4.27. The summed E-state index contributed by atoms with van der Waals surface area (Å²) in [6.07, 6.45) is 0. The molecule has 0 aromatic carbocycles. The van der Waals surface area contributed by atoms with Gasteiger partial charge in [0.15, 0.2) is 0 Å². The fraction of sp³-hybridized carbons (Fsp3) is 1.00. The SMILES string of the molecule is CO[P](OC)(OC)OC. The third-order valence-corrected chi connectivity index (χ3v) is 2.68. The zero-order valence-corrected chi connectivity index (χ0v) is 6.97. The minimum absolute atomic E-state index is 1.48. The Labute approximate surface area is 55.7 Å². The van der Waals surface area contributed by atoms with Crippen molar-refractivity contribution in [3.63, 3.8) is 0 Å². The van der Waals surface area contributed by atoms with Crippen molar-refractivity contribution in [3.8, 4) is 0 Å². The highest BCUT2D eigenvalue weighted by Gasteiger charge is 2.27. The molecule has 0 aliphatic heterocycles. The van der Waals surface area contributed by atoms with E-state index < -0.39 is 8.17 Å². The lowest BCUT2D eigenvalue weighted by Crippen LogP contribution is -2.01. The van der Waals surface area contributed by atoms with E-state index in [9.17, 15) is 0 Å². The molecule has 0 saturated heterocycles. The maximum Gasteiger partial charge on any atom is 0.379 e. The normalized spacial score (nSPS) is 12.0. The van der Waals surface area contributed by atoms with Gasteiger partial charge in [-0.05, 0) is 0 Å². The molecule has 0 spiro atoms. The van der Waals surface area contributed by atoms with Crippen molar-refractivity contribution in [3.05, 3.63) is 0 Å². The molecule has 1 radical (unpaired) electrons. The van der Waals surface area contributed by atoms with Gasteiger partial charge in [-0.15, -0.1) is 0 Å². The summed E-state index contributed by atoms with van der Waals surface area (Å²) in [6.45, 7) is 0. The summed E-state index contributed by atoms with van der Waals surface area (Å²) < 4.78 is 19.3. The van der Waals surface area contributed by atoms with Gasteiger partial charge < -0.3 is 18.1 Å². The third kappa shape index (κ3) is 2.16. The highest BCUT2D eigenvalue weighted by atomic mass is 31.2. The van der Waals surface area contributed by atoms with Crippen LogP contribution in [0.4, 0.5) is 0 Å². The fourth-order valence-corrected chi connectivity index (χ4v) is 1.34. The Morgan fingerprint density at radius 1 is 0.667 bits per heavy atom. The molecule has 0 bridgehead atoms. The molecule has 0 amide bonds. The standard InChI is InChI=1S/C4H12O4P/c1-5-9(6-2,7-3)8-4/h1-4H3. The van der Waals surface area contributed by atoms with Crippen molar-refractivity contribution < 1.29 is 18.1 Å². The monoisotopic (exact) mass is 155 g/mol. The van der Waals surface area contributed by atoms with Gasteiger partial charge in [0, 0.05) is 28.4 Å². The summed E-state index contributed by atoms with van der Waals surface area (Å²) in [5.41, 5.74) is 0. The van der Waals surface area contributed by atoms with Crippen LogP contribution in [0.25, 0.3) is 0 Å². The van der Waals surface area contributed by atoms with Crippen LogP contribution in [-0.4, -0.2) is 28.4 Å². The van der Waals surface area contributed by atoms with Gasteiger partial charge in [-0.1, -0.05) is 0 Å². The molecular weight excluding hydrogens is 143 g/mol. The van der Waals surface area contributed by atoms with Gasteiger partial charge in [0.2, 0.25) is 0 Å². The van der Waals surface area contributed by atoms with Gasteiger partial charge in [0.1, 0.15) is 0 Å². The van der Waals surface area contributed by atoms with Crippen LogP contribution < -0.4 is 0 Å². The van der Waals surface area contributed by atoms with Crippen LogP contribution in [-0.2, 0) is 18.1 Å². The van der Waals surface area contributed by atoms with Gasteiger partial charge in [0.25, 0.3) is 0 Å². The van der Waals surface area contributed by atoms with E-state index in [0.717, 1.165) is 0 Å². The van der Waals surface area contributed by atoms with Gasteiger partial charge in [-0.3, -0.25) is 0 Å².